The zero-order chi connectivity index (χ0) is 20.2. The summed E-state index contributed by atoms with van der Waals surface area (Å²) in [6.45, 7) is 8.12. The number of hydrogen-bond acceptors (Lipinski definition) is 6. The van der Waals surface area contributed by atoms with E-state index in [0.717, 1.165) is 56.3 Å². The first kappa shape index (κ1) is 18.6. The Balaban J connectivity index is 1.44. The van der Waals surface area contributed by atoms with Crippen LogP contribution in [0.25, 0.3) is 0 Å². The number of piperidine rings is 1. The molecule has 154 valence electrons. The second-order valence-electron chi connectivity index (χ2n) is 9.08. The Labute approximate surface area is 171 Å². The van der Waals surface area contributed by atoms with Gasteiger partial charge in [-0.1, -0.05) is 5.16 Å². The van der Waals surface area contributed by atoms with Gasteiger partial charge in [-0.15, -0.1) is 0 Å². The quantitative estimate of drug-likeness (QED) is 0.855. The van der Waals surface area contributed by atoms with Crippen molar-refractivity contribution < 1.29 is 9.32 Å². The van der Waals surface area contributed by atoms with Crippen LogP contribution in [0.2, 0.25) is 0 Å². The predicted octanol–water partition coefficient (Wildman–Crippen LogP) is 3.33. The third-order valence-electron chi connectivity index (χ3n) is 6.84. The molecular weight excluding hydrogens is 366 g/mol. The van der Waals surface area contributed by atoms with E-state index in [0.29, 0.717) is 23.6 Å². The fraction of sp³-hybridized carbons (Fsp3) is 0.636. The van der Waals surface area contributed by atoms with Gasteiger partial charge in [0.05, 0.1) is 11.4 Å². The highest BCUT2D eigenvalue weighted by Gasteiger charge is 2.46. The van der Waals surface area contributed by atoms with Crippen LogP contribution in [-0.2, 0) is 11.8 Å². The maximum absolute atomic E-state index is 13.3. The van der Waals surface area contributed by atoms with Crippen molar-refractivity contribution in [3.8, 4) is 0 Å². The Morgan fingerprint density at radius 3 is 2.79 bits per heavy atom. The summed E-state index contributed by atoms with van der Waals surface area (Å²) in [7, 11) is 0. The average molecular weight is 396 g/mol. The standard InChI is InChI=1S/C22H29N5O2/c1-13-18(14(2)29-26-13)21(28)27-10-4-8-22(12-27)9-7-17-19(22)24-15(3)25-20(17)23-11-16-5-6-16/h16H,4-12H2,1-3H3,(H,23,24,25). The van der Waals surface area contributed by atoms with E-state index >= 15 is 0 Å². The minimum Gasteiger partial charge on any atom is -0.369 e. The number of hydrogen-bond donors (Lipinski definition) is 1. The highest BCUT2D eigenvalue weighted by molar-refractivity contribution is 5.96. The molecule has 3 aliphatic rings. The number of fused-ring (bicyclic) bond motifs is 2. The lowest BCUT2D eigenvalue weighted by atomic mass is 9.77. The number of rotatable bonds is 4. The van der Waals surface area contributed by atoms with Crippen LogP contribution in [0, 0.1) is 26.7 Å². The molecule has 2 fully saturated rings. The van der Waals surface area contributed by atoms with Crippen molar-refractivity contribution in [2.24, 2.45) is 5.92 Å². The minimum absolute atomic E-state index is 0.0339. The lowest BCUT2D eigenvalue weighted by Gasteiger charge is -2.40. The highest BCUT2D eigenvalue weighted by Crippen LogP contribution is 2.46. The van der Waals surface area contributed by atoms with Crippen molar-refractivity contribution in [2.75, 3.05) is 25.0 Å². The smallest absolute Gasteiger partial charge is 0.259 e. The Morgan fingerprint density at radius 1 is 1.24 bits per heavy atom. The maximum atomic E-state index is 13.3. The van der Waals surface area contributed by atoms with Gasteiger partial charge in [-0.3, -0.25) is 4.79 Å². The van der Waals surface area contributed by atoms with Crippen molar-refractivity contribution in [3.05, 3.63) is 34.1 Å². The molecule has 0 radical (unpaired) electrons. The summed E-state index contributed by atoms with van der Waals surface area (Å²) in [6.07, 6.45) is 6.72. The summed E-state index contributed by atoms with van der Waals surface area (Å²) < 4.78 is 5.24. The van der Waals surface area contributed by atoms with Gasteiger partial charge in [0, 0.05) is 30.6 Å². The van der Waals surface area contributed by atoms with Gasteiger partial charge in [0.15, 0.2) is 0 Å². The van der Waals surface area contributed by atoms with E-state index in [9.17, 15) is 4.79 Å². The van der Waals surface area contributed by atoms with Crippen LogP contribution in [0.3, 0.4) is 0 Å². The van der Waals surface area contributed by atoms with E-state index in [1.807, 2.05) is 25.7 Å². The van der Waals surface area contributed by atoms with Crippen molar-refractivity contribution >= 4 is 11.7 Å². The molecule has 7 heteroatoms. The molecule has 29 heavy (non-hydrogen) atoms. The molecule has 1 spiro atoms. The Kier molecular flexibility index (Phi) is 4.37. The number of aryl methyl sites for hydroxylation is 3. The summed E-state index contributed by atoms with van der Waals surface area (Å²) in [5, 5.41) is 7.56. The van der Waals surface area contributed by atoms with Crippen molar-refractivity contribution in [1.29, 1.82) is 0 Å². The Bertz CT molecular complexity index is 945. The van der Waals surface area contributed by atoms with Crippen LogP contribution in [-0.4, -0.2) is 45.6 Å². The lowest BCUT2D eigenvalue weighted by molar-refractivity contribution is 0.0631. The van der Waals surface area contributed by atoms with Gasteiger partial charge in [-0.25, -0.2) is 9.97 Å². The summed E-state index contributed by atoms with van der Waals surface area (Å²) in [6, 6.07) is 0. The van der Waals surface area contributed by atoms with Gasteiger partial charge in [0.25, 0.3) is 5.91 Å². The molecule has 1 aliphatic heterocycles. The Morgan fingerprint density at radius 2 is 2.07 bits per heavy atom. The predicted molar refractivity (Wildman–Crippen MR) is 109 cm³/mol. The SMILES string of the molecule is Cc1nc(NCC2CC2)c2c(n1)C1(CCCN(C(=O)c3c(C)noc3C)C1)CC2. The topological polar surface area (TPSA) is 84.2 Å². The number of aromatic nitrogens is 3. The van der Waals surface area contributed by atoms with E-state index < -0.39 is 0 Å². The van der Waals surface area contributed by atoms with Crippen LogP contribution >= 0.6 is 0 Å². The molecule has 1 atom stereocenters. The molecule has 2 aliphatic carbocycles. The van der Waals surface area contributed by atoms with E-state index in [2.05, 4.69) is 10.5 Å². The molecule has 1 saturated carbocycles. The number of anilines is 1. The van der Waals surface area contributed by atoms with Crippen LogP contribution in [0.4, 0.5) is 5.82 Å². The van der Waals surface area contributed by atoms with E-state index in [1.54, 1.807) is 0 Å². The third-order valence-corrected chi connectivity index (χ3v) is 6.84. The molecule has 1 amide bonds. The van der Waals surface area contributed by atoms with Crippen molar-refractivity contribution in [2.45, 2.75) is 64.7 Å². The first-order chi connectivity index (χ1) is 14.0. The second kappa shape index (κ2) is 6.82. The first-order valence-corrected chi connectivity index (χ1v) is 10.8. The van der Waals surface area contributed by atoms with Gasteiger partial charge in [-0.2, -0.15) is 0 Å². The van der Waals surface area contributed by atoms with Crippen LogP contribution in [0.1, 0.15) is 71.0 Å². The van der Waals surface area contributed by atoms with E-state index in [4.69, 9.17) is 14.5 Å². The summed E-state index contributed by atoms with van der Waals surface area (Å²) in [5.74, 6) is 3.27. The molecule has 2 aromatic rings. The molecule has 2 aromatic heterocycles. The number of carbonyl (C=O) groups is 1. The average Bonchev–Trinajstić information content (AvgIpc) is 3.40. The zero-order valence-corrected chi connectivity index (χ0v) is 17.5. The first-order valence-electron chi connectivity index (χ1n) is 10.8. The number of nitrogens with zero attached hydrogens (tertiary/aromatic N) is 4. The fourth-order valence-corrected chi connectivity index (χ4v) is 5.11. The third kappa shape index (κ3) is 3.20. The van der Waals surface area contributed by atoms with Gasteiger partial charge < -0.3 is 14.7 Å². The van der Waals surface area contributed by atoms with Crippen LogP contribution in [0.15, 0.2) is 4.52 Å². The van der Waals surface area contributed by atoms with Gasteiger partial charge in [0.1, 0.15) is 23.0 Å². The van der Waals surface area contributed by atoms with Crippen LogP contribution in [0.5, 0.6) is 0 Å². The normalized spacial score (nSPS) is 23.5. The van der Waals surface area contributed by atoms with E-state index in [-0.39, 0.29) is 11.3 Å². The monoisotopic (exact) mass is 395 g/mol. The number of amides is 1. The largest absolute Gasteiger partial charge is 0.369 e. The van der Waals surface area contributed by atoms with Crippen LogP contribution < -0.4 is 5.32 Å². The molecule has 1 N–H and O–H groups in total. The number of likely N-dealkylation sites (tertiary alicyclic amines) is 1. The molecular formula is C22H29N5O2. The van der Waals surface area contributed by atoms with Gasteiger partial charge >= 0.3 is 0 Å². The number of nitrogens with one attached hydrogen (secondary N) is 1. The Hall–Kier alpha value is -2.44. The summed E-state index contributed by atoms with van der Waals surface area (Å²) in [5.41, 5.74) is 3.66. The van der Waals surface area contributed by atoms with E-state index in [1.165, 1.54) is 24.1 Å². The molecule has 1 saturated heterocycles. The van der Waals surface area contributed by atoms with Crippen molar-refractivity contribution in [1.82, 2.24) is 20.0 Å². The fourth-order valence-electron chi connectivity index (χ4n) is 5.11. The molecule has 7 nitrogen and oxygen atoms in total. The summed E-state index contributed by atoms with van der Waals surface area (Å²) >= 11 is 0. The van der Waals surface area contributed by atoms with Crippen molar-refractivity contribution in [3.63, 3.8) is 0 Å². The molecule has 3 heterocycles. The second-order valence-corrected chi connectivity index (χ2v) is 9.08. The zero-order valence-electron chi connectivity index (χ0n) is 17.5. The minimum atomic E-state index is -0.0636. The molecule has 0 aromatic carbocycles. The highest BCUT2D eigenvalue weighted by atomic mass is 16.5. The maximum Gasteiger partial charge on any atom is 0.259 e. The lowest BCUT2D eigenvalue weighted by Crippen LogP contribution is -2.48. The molecule has 5 rings (SSSR count). The summed E-state index contributed by atoms with van der Waals surface area (Å²) in [4.78, 5) is 24.9. The number of carbonyl (C=O) groups excluding carboxylic acids is 1. The van der Waals surface area contributed by atoms with Gasteiger partial charge in [-0.05, 0) is 65.2 Å². The van der Waals surface area contributed by atoms with Gasteiger partial charge in [0.2, 0.25) is 0 Å². The molecule has 1 unspecified atom stereocenters. The molecule has 0 bridgehead atoms.